The number of benzene rings is 1. The van der Waals surface area contributed by atoms with Crippen molar-refractivity contribution in [2.24, 2.45) is 0 Å². The first-order valence-corrected chi connectivity index (χ1v) is 6.95. The van der Waals surface area contributed by atoms with Gasteiger partial charge in [0.2, 0.25) is 10.0 Å². The number of sulfonamides is 1. The van der Waals surface area contributed by atoms with Crippen molar-refractivity contribution in [3.05, 3.63) is 24.3 Å². The van der Waals surface area contributed by atoms with Gasteiger partial charge < -0.3 is 0 Å². The Morgan fingerprint density at radius 1 is 1.36 bits per heavy atom. The van der Waals surface area contributed by atoms with E-state index in [1.165, 1.54) is 11.8 Å². The topological polar surface area (TPSA) is 46.2 Å². The van der Waals surface area contributed by atoms with E-state index in [2.05, 4.69) is 4.72 Å². The summed E-state index contributed by atoms with van der Waals surface area (Å²) in [6.45, 7) is 2.17. The second kappa shape index (κ2) is 4.82. The molecular weight excluding hydrogens is 218 g/mol. The van der Waals surface area contributed by atoms with Crippen molar-refractivity contribution in [1.29, 1.82) is 0 Å². The Hall–Kier alpha value is -0.520. The summed E-state index contributed by atoms with van der Waals surface area (Å²) in [5, 5.41) is 0. The zero-order chi connectivity index (χ0) is 10.6. The molecule has 0 bridgehead atoms. The molecule has 78 valence electrons. The van der Waals surface area contributed by atoms with Crippen molar-refractivity contribution >= 4 is 21.8 Å². The first kappa shape index (κ1) is 11.6. The van der Waals surface area contributed by atoms with Crippen molar-refractivity contribution in [1.82, 2.24) is 4.72 Å². The van der Waals surface area contributed by atoms with Crippen LogP contribution in [0.15, 0.2) is 34.1 Å². The zero-order valence-corrected chi connectivity index (χ0v) is 9.78. The van der Waals surface area contributed by atoms with Crippen molar-refractivity contribution in [2.45, 2.75) is 16.7 Å². The van der Waals surface area contributed by atoms with Crippen LogP contribution in [0.2, 0.25) is 0 Å². The summed E-state index contributed by atoms with van der Waals surface area (Å²) in [4.78, 5) is 1.13. The normalized spacial score (nSPS) is 11.6. The molecule has 0 atom stereocenters. The Morgan fingerprint density at radius 3 is 2.57 bits per heavy atom. The zero-order valence-electron chi connectivity index (χ0n) is 8.15. The van der Waals surface area contributed by atoms with Gasteiger partial charge in [-0.2, -0.15) is 0 Å². The molecule has 3 nitrogen and oxygen atoms in total. The maximum atomic E-state index is 11.7. The van der Waals surface area contributed by atoms with E-state index in [-0.39, 0.29) is 0 Å². The monoisotopic (exact) mass is 231 g/mol. The number of hydrogen-bond donors (Lipinski definition) is 1. The molecule has 0 aliphatic rings. The molecule has 1 rings (SSSR count). The van der Waals surface area contributed by atoms with Gasteiger partial charge in [0, 0.05) is 11.4 Å². The van der Waals surface area contributed by atoms with Gasteiger partial charge in [-0.1, -0.05) is 19.1 Å². The fourth-order valence-electron chi connectivity index (χ4n) is 1.11. The molecule has 0 saturated carbocycles. The van der Waals surface area contributed by atoms with E-state index < -0.39 is 10.0 Å². The first-order valence-electron chi connectivity index (χ1n) is 4.24. The van der Waals surface area contributed by atoms with Crippen molar-refractivity contribution in [3.63, 3.8) is 0 Å². The molecule has 0 heterocycles. The van der Waals surface area contributed by atoms with Crippen molar-refractivity contribution < 1.29 is 8.42 Å². The number of thioether (sulfide) groups is 1. The van der Waals surface area contributed by atoms with Crippen LogP contribution in [0, 0.1) is 0 Å². The summed E-state index contributed by atoms with van der Waals surface area (Å²) >= 11 is 1.43. The maximum absolute atomic E-state index is 11.7. The number of hydrogen-bond acceptors (Lipinski definition) is 3. The minimum Gasteiger partial charge on any atom is -0.211 e. The van der Waals surface area contributed by atoms with Crippen molar-refractivity contribution in [2.75, 3.05) is 12.8 Å². The number of rotatable bonds is 4. The van der Waals surface area contributed by atoms with Gasteiger partial charge in [-0.15, -0.1) is 11.8 Å². The molecule has 1 aromatic rings. The molecule has 5 heteroatoms. The standard InChI is InChI=1S/C9H13NO2S2/c1-3-10-14(11,12)9-7-5-4-6-8(9)13-2/h4-7,10H,3H2,1-2H3. The molecule has 0 spiro atoms. The fourth-order valence-corrected chi connectivity index (χ4v) is 3.30. The average Bonchev–Trinajstić information content (AvgIpc) is 2.18. The van der Waals surface area contributed by atoms with Crippen LogP contribution >= 0.6 is 11.8 Å². The Labute approximate surface area is 89.0 Å². The predicted octanol–water partition coefficient (Wildman–Crippen LogP) is 1.71. The van der Waals surface area contributed by atoms with Crippen LogP contribution in [0.25, 0.3) is 0 Å². The van der Waals surface area contributed by atoms with E-state index in [9.17, 15) is 8.42 Å². The predicted molar refractivity (Wildman–Crippen MR) is 59.1 cm³/mol. The van der Waals surface area contributed by atoms with Gasteiger partial charge >= 0.3 is 0 Å². The minimum absolute atomic E-state index is 0.356. The van der Waals surface area contributed by atoms with Gasteiger partial charge in [-0.3, -0.25) is 0 Å². The highest BCUT2D eigenvalue weighted by Gasteiger charge is 2.15. The third kappa shape index (κ3) is 2.50. The van der Waals surface area contributed by atoms with Gasteiger partial charge in [0.1, 0.15) is 0 Å². The highest BCUT2D eigenvalue weighted by atomic mass is 32.2. The largest absolute Gasteiger partial charge is 0.241 e. The van der Waals surface area contributed by atoms with Crippen LogP contribution in [0.4, 0.5) is 0 Å². The molecule has 0 amide bonds. The third-order valence-electron chi connectivity index (χ3n) is 1.69. The molecule has 14 heavy (non-hydrogen) atoms. The Bertz CT molecular complexity index is 401. The quantitative estimate of drug-likeness (QED) is 0.802. The second-order valence-corrected chi connectivity index (χ2v) is 5.24. The molecular formula is C9H13NO2S2. The van der Waals surface area contributed by atoms with E-state index in [0.29, 0.717) is 11.4 Å². The van der Waals surface area contributed by atoms with Crippen molar-refractivity contribution in [3.8, 4) is 0 Å². The lowest BCUT2D eigenvalue weighted by Crippen LogP contribution is -2.23. The van der Waals surface area contributed by atoms with Gasteiger partial charge in [-0.25, -0.2) is 13.1 Å². The molecule has 0 radical (unpaired) electrons. The molecule has 0 unspecified atom stereocenters. The summed E-state index contributed by atoms with van der Waals surface area (Å²) in [6, 6.07) is 6.97. The molecule has 0 aliphatic carbocycles. The van der Waals surface area contributed by atoms with Gasteiger partial charge in [0.25, 0.3) is 0 Å². The maximum Gasteiger partial charge on any atom is 0.241 e. The molecule has 0 aromatic heterocycles. The first-order chi connectivity index (χ1) is 6.61. The molecule has 1 N–H and O–H groups in total. The summed E-state index contributed by atoms with van der Waals surface area (Å²) in [7, 11) is -3.32. The van der Waals surface area contributed by atoms with Gasteiger partial charge in [-0.05, 0) is 18.4 Å². The van der Waals surface area contributed by atoms with E-state index in [0.717, 1.165) is 4.90 Å². The summed E-state index contributed by atoms with van der Waals surface area (Å²) in [6.07, 6.45) is 1.86. The van der Waals surface area contributed by atoms with Crippen LogP contribution in [-0.2, 0) is 10.0 Å². The summed E-state index contributed by atoms with van der Waals surface area (Å²) in [5.41, 5.74) is 0. The molecule has 0 saturated heterocycles. The highest BCUT2D eigenvalue weighted by Crippen LogP contribution is 2.23. The van der Waals surface area contributed by atoms with Crippen LogP contribution in [0.5, 0.6) is 0 Å². The lowest BCUT2D eigenvalue weighted by molar-refractivity contribution is 0.582. The minimum atomic E-state index is -3.32. The second-order valence-electron chi connectivity index (χ2n) is 2.65. The van der Waals surface area contributed by atoms with Crippen LogP contribution in [-0.4, -0.2) is 21.2 Å². The van der Waals surface area contributed by atoms with E-state index in [1.807, 2.05) is 12.3 Å². The molecule has 1 aromatic carbocycles. The van der Waals surface area contributed by atoms with Crippen LogP contribution < -0.4 is 4.72 Å². The lowest BCUT2D eigenvalue weighted by Gasteiger charge is -2.07. The Balaban J connectivity index is 3.18. The summed E-state index contributed by atoms with van der Waals surface area (Å²) < 4.78 is 25.8. The van der Waals surface area contributed by atoms with E-state index >= 15 is 0 Å². The van der Waals surface area contributed by atoms with Crippen LogP contribution in [0.3, 0.4) is 0 Å². The van der Waals surface area contributed by atoms with Gasteiger partial charge in [0.15, 0.2) is 0 Å². The Kier molecular flexibility index (Phi) is 3.97. The Morgan fingerprint density at radius 2 is 2.00 bits per heavy atom. The fraction of sp³-hybridized carbons (Fsp3) is 0.333. The highest BCUT2D eigenvalue weighted by molar-refractivity contribution is 7.99. The van der Waals surface area contributed by atoms with E-state index in [4.69, 9.17) is 0 Å². The summed E-state index contributed by atoms with van der Waals surface area (Å²) in [5.74, 6) is 0. The number of nitrogens with one attached hydrogen (secondary N) is 1. The SMILES string of the molecule is CCNS(=O)(=O)c1ccccc1SC. The third-order valence-corrected chi connectivity index (χ3v) is 4.22. The van der Waals surface area contributed by atoms with E-state index in [1.54, 1.807) is 25.1 Å². The van der Waals surface area contributed by atoms with Gasteiger partial charge in [0.05, 0.1) is 4.90 Å². The smallest absolute Gasteiger partial charge is 0.211 e. The average molecular weight is 231 g/mol. The molecule has 0 fully saturated rings. The lowest BCUT2D eigenvalue weighted by atomic mass is 10.4. The molecule has 0 aliphatic heterocycles. The van der Waals surface area contributed by atoms with Crippen LogP contribution in [0.1, 0.15) is 6.92 Å².